The van der Waals surface area contributed by atoms with Gasteiger partial charge in [-0.15, -0.1) is 0 Å². The zero-order chi connectivity index (χ0) is 0. The maximum absolute atomic E-state index is 0. The summed E-state index contributed by atoms with van der Waals surface area (Å²) in [6.45, 7) is 0. The monoisotopic (exact) mass is 302 g/mol. The van der Waals surface area contributed by atoms with Crippen LogP contribution in [0.2, 0.25) is 0 Å². The van der Waals surface area contributed by atoms with Gasteiger partial charge in [-0.3, -0.25) is 0 Å². The van der Waals surface area contributed by atoms with Crippen LogP contribution in [0.3, 0.4) is 0 Å². The molecule has 0 spiro atoms. The van der Waals surface area contributed by atoms with Gasteiger partial charge < -0.3 is 1.43 Å². The van der Waals surface area contributed by atoms with Crippen molar-refractivity contribution in [2.24, 2.45) is 0 Å². The van der Waals surface area contributed by atoms with E-state index >= 15 is 0 Å². The number of rotatable bonds is 0. The van der Waals surface area contributed by atoms with Crippen LogP contribution in [0.1, 0.15) is 1.43 Å². The van der Waals surface area contributed by atoms with Gasteiger partial charge in [0.2, 0.25) is 0 Å². The Hall–Kier alpha value is 4.51. The Balaban J connectivity index is 0. The van der Waals surface area contributed by atoms with Crippen LogP contribution in [0.15, 0.2) is 0 Å². The van der Waals surface area contributed by atoms with Gasteiger partial charge in [-0.05, 0) is 0 Å². The minimum absolute atomic E-state index is 0. The van der Waals surface area contributed by atoms with Crippen LogP contribution in [-0.2, 0) is 91.8 Å². The molecule has 6 heavy (non-hydrogen) atoms. The molecular formula is HCrFeKMnTiV. The van der Waals surface area contributed by atoms with E-state index in [1.54, 1.807) is 0 Å². The standard InChI is InChI=1S/Cr.Fe.K.Mn.Ti.V.H/q;;+1;;;;-1. The van der Waals surface area contributed by atoms with Crippen molar-refractivity contribution in [1.29, 1.82) is 0 Å². The Bertz CT molecular complexity index is 19.7. The summed E-state index contributed by atoms with van der Waals surface area (Å²) in [6, 6.07) is 0. The first-order chi connectivity index (χ1) is 0. The van der Waals surface area contributed by atoms with E-state index in [4.69, 9.17) is 0 Å². The van der Waals surface area contributed by atoms with Gasteiger partial charge in [0.15, 0.2) is 0 Å². The molecule has 0 fully saturated rings. The molecule has 0 aliphatic rings. The van der Waals surface area contributed by atoms with E-state index in [9.17, 15) is 0 Å². The predicted molar refractivity (Wildman–Crippen MR) is 1.11 cm³/mol. The Labute approximate surface area is 141 Å². The Morgan fingerprint density at radius 2 is 1.17 bits per heavy atom. The average molecular weight is 302 g/mol. The fraction of sp³-hybridized carbons (Fsp3) is 0. The van der Waals surface area contributed by atoms with Gasteiger partial charge in [0.25, 0.3) is 0 Å². The van der Waals surface area contributed by atoms with Gasteiger partial charge >= 0.3 is 51.4 Å². The normalized spacial score (nSPS) is 0. The average Bonchev–Trinajstić information content (AvgIpc) is 0. The van der Waals surface area contributed by atoms with Crippen molar-refractivity contribution in [3.05, 3.63) is 0 Å². The molecule has 0 saturated heterocycles. The Kier molecular flexibility index (Phi) is 264. The molecule has 0 bridgehead atoms. The van der Waals surface area contributed by atoms with E-state index in [1.807, 2.05) is 0 Å². The molecule has 6 heteroatoms. The quantitative estimate of drug-likeness (QED) is 0.421. The second kappa shape index (κ2) is 33.9. The molecule has 0 nitrogen and oxygen atoms in total. The third kappa shape index (κ3) is 23.6. The summed E-state index contributed by atoms with van der Waals surface area (Å²) in [6.07, 6.45) is 0. The first-order valence-corrected chi connectivity index (χ1v) is 0. The molecule has 0 rings (SSSR count). The van der Waals surface area contributed by atoms with Crippen LogP contribution in [0.4, 0.5) is 0 Å². The van der Waals surface area contributed by atoms with Gasteiger partial charge in [0.1, 0.15) is 0 Å². The number of hydrogen-bond donors (Lipinski definition) is 0. The SMILES string of the molecule is [Cr].[Fe].[H-].[K+].[Mn].[Ti].[V]. The second-order valence-electron chi connectivity index (χ2n) is 0. The Morgan fingerprint density at radius 3 is 1.17 bits per heavy atom. The molecule has 0 aliphatic carbocycles. The van der Waals surface area contributed by atoms with Crippen molar-refractivity contribution in [3.63, 3.8) is 0 Å². The van der Waals surface area contributed by atoms with E-state index in [0.29, 0.717) is 0 Å². The largest absolute Gasteiger partial charge is 1.00 e. The molecule has 0 saturated carbocycles. The topological polar surface area (TPSA) is 0 Å². The maximum Gasteiger partial charge on any atom is 1.00 e. The summed E-state index contributed by atoms with van der Waals surface area (Å²) in [5, 5.41) is 0. The van der Waals surface area contributed by atoms with E-state index < -0.39 is 0 Å². The molecule has 0 atom stereocenters. The van der Waals surface area contributed by atoms with Crippen molar-refractivity contribution < 1.29 is 145 Å². The molecule has 0 N–H and O–H groups in total. The van der Waals surface area contributed by atoms with Crippen LogP contribution in [-0.4, -0.2) is 0 Å². The first-order valence-electron chi connectivity index (χ1n) is 0. The van der Waals surface area contributed by atoms with Crippen LogP contribution >= 0.6 is 0 Å². The number of hydrogen-bond acceptors (Lipinski definition) is 0. The second-order valence-corrected chi connectivity index (χ2v) is 0. The van der Waals surface area contributed by atoms with E-state index in [0.717, 1.165) is 0 Å². The molecular weight excluding hydrogens is 301 g/mol. The molecule has 0 aromatic carbocycles. The Morgan fingerprint density at radius 1 is 1.17 bits per heavy atom. The molecule has 2 radical (unpaired) electrons. The van der Waals surface area contributed by atoms with Crippen molar-refractivity contribution in [1.82, 2.24) is 0 Å². The van der Waals surface area contributed by atoms with Crippen molar-refractivity contribution in [2.75, 3.05) is 0 Å². The summed E-state index contributed by atoms with van der Waals surface area (Å²) in [5.41, 5.74) is 0. The molecule has 32 valence electrons. The van der Waals surface area contributed by atoms with E-state index in [-0.39, 0.29) is 145 Å². The third-order valence-electron chi connectivity index (χ3n) is 0. The van der Waals surface area contributed by atoms with Gasteiger partial charge in [0.05, 0.1) is 0 Å². The smallest absolute Gasteiger partial charge is 1.00 e. The minimum Gasteiger partial charge on any atom is -1.00 e. The molecule has 0 aromatic rings. The van der Waals surface area contributed by atoms with Gasteiger partial charge in [-0.2, -0.15) is 0 Å². The summed E-state index contributed by atoms with van der Waals surface area (Å²) >= 11 is 0. The zero-order valence-corrected chi connectivity index (χ0v) is 12.7. The van der Waals surface area contributed by atoms with Crippen LogP contribution in [0, 0.1) is 0 Å². The molecule has 0 amide bonds. The first kappa shape index (κ1) is 46.8. The fourth-order valence-electron chi connectivity index (χ4n) is 0. The van der Waals surface area contributed by atoms with Gasteiger partial charge in [-0.25, -0.2) is 0 Å². The van der Waals surface area contributed by atoms with Crippen molar-refractivity contribution in [2.45, 2.75) is 0 Å². The zero-order valence-electron chi connectivity index (χ0n) is 4.09. The van der Waals surface area contributed by atoms with Gasteiger partial charge in [0, 0.05) is 91.8 Å². The van der Waals surface area contributed by atoms with Crippen LogP contribution < -0.4 is 51.4 Å². The van der Waals surface area contributed by atoms with E-state index in [2.05, 4.69) is 0 Å². The third-order valence-corrected chi connectivity index (χ3v) is 0. The summed E-state index contributed by atoms with van der Waals surface area (Å²) in [4.78, 5) is 0. The summed E-state index contributed by atoms with van der Waals surface area (Å²) in [7, 11) is 0. The van der Waals surface area contributed by atoms with Crippen LogP contribution in [0.5, 0.6) is 0 Å². The molecule has 0 aromatic heterocycles. The van der Waals surface area contributed by atoms with Crippen molar-refractivity contribution in [3.8, 4) is 0 Å². The maximum atomic E-state index is 0. The summed E-state index contributed by atoms with van der Waals surface area (Å²) in [5.74, 6) is 0. The van der Waals surface area contributed by atoms with E-state index in [1.165, 1.54) is 0 Å². The molecule has 0 aliphatic heterocycles. The minimum atomic E-state index is 0. The van der Waals surface area contributed by atoms with Crippen molar-refractivity contribution >= 4 is 0 Å². The molecule has 0 unspecified atom stereocenters. The molecule has 0 heterocycles. The predicted octanol–water partition coefficient (Wildman–Crippen LogP) is -2.90. The summed E-state index contributed by atoms with van der Waals surface area (Å²) < 4.78 is 0. The van der Waals surface area contributed by atoms with Gasteiger partial charge in [-0.1, -0.05) is 0 Å². The fourth-order valence-corrected chi connectivity index (χ4v) is 0. The van der Waals surface area contributed by atoms with Crippen LogP contribution in [0.25, 0.3) is 0 Å².